The van der Waals surface area contributed by atoms with Crippen molar-refractivity contribution >= 4 is 29.3 Å². The maximum absolute atomic E-state index is 13.3. The molecular weight excluding hydrogens is 351 g/mol. The van der Waals surface area contributed by atoms with E-state index in [1.807, 2.05) is 30.5 Å². The van der Waals surface area contributed by atoms with Gasteiger partial charge in [-0.05, 0) is 49.4 Å². The lowest BCUT2D eigenvalue weighted by Crippen LogP contribution is -2.44. The fraction of sp³-hybridized carbons (Fsp3) is 0.300. The van der Waals surface area contributed by atoms with E-state index in [1.165, 1.54) is 12.1 Å². The first kappa shape index (κ1) is 18.5. The second-order valence-corrected chi connectivity index (χ2v) is 7.20. The van der Waals surface area contributed by atoms with Crippen LogP contribution in [0.15, 0.2) is 53.4 Å². The molecule has 1 N–H and O–H groups in total. The zero-order valence-electron chi connectivity index (χ0n) is 14.6. The van der Waals surface area contributed by atoms with Gasteiger partial charge in [0.2, 0.25) is 0 Å². The molecule has 1 heterocycles. The minimum Gasteiger partial charge on any atom is -0.324 e. The quantitative estimate of drug-likeness (QED) is 0.626. The molecule has 136 valence electrons. The third-order valence-electron chi connectivity index (χ3n) is 4.53. The Bertz CT molecular complexity index is 795. The van der Waals surface area contributed by atoms with Gasteiger partial charge in [-0.15, -0.1) is 11.8 Å². The summed E-state index contributed by atoms with van der Waals surface area (Å²) in [7, 11) is 0. The molecule has 26 heavy (non-hydrogen) atoms. The highest BCUT2D eigenvalue weighted by atomic mass is 32.2. The molecule has 0 spiro atoms. The Balaban J connectivity index is 1.64. The Morgan fingerprint density at radius 3 is 2.65 bits per heavy atom. The van der Waals surface area contributed by atoms with Crippen LogP contribution in [0.5, 0.6) is 0 Å². The SMILES string of the molecule is CSc1ccc(C(=O)C2CCCN(C(=O)Nc3cccc(F)c3)C2)cc1. The normalized spacial score (nSPS) is 17.0. The molecule has 3 rings (SSSR count). The topological polar surface area (TPSA) is 49.4 Å². The van der Waals surface area contributed by atoms with Gasteiger partial charge in [-0.1, -0.05) is 18.2 Å². The molecule has 1 aliphatic rings. The summed E-state index contributed by atoms with van der Waals surface area (Å²) in [4.78, 5) is 27.9. The van der Waals surface area contributed by atoms with Crippen molar-refractivity contribution in [1.29, 1.82) is 0 Å². The Hall–Kier alpha value is -2.34. The van der Waals surface area contributed by atoms with Gasteiger partial charge in [-0.2, -0.15) is 0 Å². The fourth-order valence-electron chi connectivity index (χ4n) is 3.14. The highest BCUT2D eigenvalue weighted by Gasteiger charge is 2.29. The number of anilines is 1. The molecule has 0 aliphatic carbocycles. The number of hydrogen-bond donors (Lipinski definition) is 1. The van der Waals surface area contributed by atoms with E-state index in [1.54, 1.807) is 28.8 Å². The molecule has 2 aromatic carbocycles. The zero-order chi connectivity index (χ0) is 18.5. The Labute approximate surface area is 156 Å². The van der Waals surface area contributed by atoms with Crippen molar-refractivity contribution < 1.29 is 14.0 Å². The van der Waals surface area contributed by atoms with Crippen LogP contribution in [-0.2, 0) is 0 Å². The van der Waals surface area contributed by atoms with E-state index in [9.17, 15) is 14.0 Å². The number of amides is 2. The molecule has 0 aromatic heterocycles. The molecule has 1 saturated heterocycles. The summed E-state index contributed by atoms with van der Waals surface area (Å²) in [5.74, 6) is -0.536. The Morgan fingerprint density at radius 2 is 1.96 bits per heavy atom. The number of rotatable bonds is 4. The lowest BCUT2D eigenvalue weighted by molar-refractivity contribution is 0.0851. The van der Waals surface area contributed by atoms with E-state index in [2.05, 4.69) is 5.32 Å². The van der Waals surface area contributed by atoms with Crippen LogP contribution in [0.4, 0.5) is 14.9 Å². The average Bonchev–Trinajstić information content (AvgIpc) is 2.67. The predicted octanol–water partition coefficient (Wildman–Crippen LogP) is 4.67. The number of piperidine rings is 1. The third-order valence-corrected chi connectivity index (χ3v) is 5.27. The van der Waals surface area contributed by atoms with Crippen LogP contribution in [0, 0.1) is 11.7 Å². The number of Topliss-reactive ketones (excluding diaryl/α,β-unsaturated/α-hetero) is 1. The molecule has 0 saturated carbocycles. The predicted molar refractivity (Wildman–Crippen MR) is 102 cm³/mol. The summed E-state index contributed by atoms with van der Waals surface area (Å²) >= 11 is 1.63. The van der Waals surface area contributed by atoms with Crippen molar-refractivity contribution in [1.82, 2.24) is 4.90 Å². The number of halogens is 1. The smallest absolute Gasteiger partial charge is 0.321 e. The minimum absolute atomic E-state index is 0.0703. The molecule has 1 unspecified atom stereocenters. The van der Waals surface area contributed by atoms with Gasteiger partial charge in [0.1, 0.15) is 5.82 Å². The van der Waals surface area contributed by atoms with E-state index in [0.29, 0.717) is 24.3 Å². The van der Waals surface area contributed by atoms with Crippen LogP contribution >= 0.6 is 11.8 Å². The van der Waals surface area contributed by atoms with Crippen LogP contribution in [0.3, 0.4) is 0 Å². The summed E-state index contributed by atoms with van der Waals surface area (Å²) in [6.07, 6.45) is 3.54. The van der Waals surface area contributed by atoms with Crippen molar-refractivity contribution in [3.8, 4) is 0 Å². The molecule has 2 aromatic rings. The van der Waals surface area contributed by atoms with E-state index in [0.717, 1.165) is 17.7 Å². The summed E-state index contributed by atoms with van der Waals surface area (Å²) in [5, 5.41) is 2.70. The van der Waals surface area contributed by atoms with Crippen LogP contribution < -0.4 is 5.32 Å². The van der Waals surface area contributed by atoms with Gasteiger partial charge in [0.05, 0.1) is 0 Å². The third kappa shape index (κ3) is 4.43. The molecule has 1 atom stereocenters. The van der Waals surface area contributed by atoms with Crippen molar-refractivity contribution in [2.75, 3.05) is 24.7 Å². The molecule has 6 heteroatoms. The van der Waals surface area contributed by atoms with Crippen molar-refractivity contribution in [2.45, 2.75) is 17.7 Å². The lowest BCUT2D eigenvalue weighted by atomic mass is 9.90. The molecule has 4 nitrogen and oxygen atoms in total. The van der Waals surface area contributed by atoms with E-state index >= 15 is 0 Å². The van der Waals surface area contributed by atoms with Gasteiger partial charge in [0, 0.05) is 35.2 Å². The number of carbonyl (C=O) groups is 2. The number of likely N-dealkylation sites (tertiary alicyclic amines) is 1. The van der Waals surface area contributed by atoms with Gasteiger partial charge in [-0.3, -0.25) is 4.79 Å². The summed E-state index contributed by atoms with van der Waals surface area (Å²) in [5.41, 5.74) is 1.09. The molecule has 2 amide bonds. The summed E-state index contributed by atoms with van der Waals surface area (Å²) in [6, 6.07) is 13.1. The van der Waals surface area contributed by atoms with E-state index in [-0.39, 0.29) is 17.7 Å². The van der Waals surface area contributed by atoms with Crippen LogP contribution in [0.1, 0.15) is 23.2 Å². The highest BCUT2D eigenvalue weighted by molar-refractivity contribution is 7.98. The largest absolute Gasteiger partial charge is 0.324 e. The molecule has 0 bridgehead atoms. The van der Waals surface area contributed by atoms with Gasteiger partial charge in [0.15, 0.2) is 5.78 Å². The Kier molecular flexibility index (Phi) is 5.93. The molecule has 1 aliphatic heterocycles. The number of ketones is 1. The first-order valence-electron chi connectivity index (χ1n) is 8.56. The van der Waals surface area contributed by atoms with Gasteiger partial charge >= 0.3 is 6.03 Å². The standard InChI is InChI=1S/C20H21FN2O2S/c1-26-18-9-7-14(8-10-18)19(24)15-4-3-11-23(13-15)20(25)22-17-6-2-5-16(21)12-17/h2,5-10,12,15H,3-4,11,13H2,1H3,(H,22,25). The maximum Gasteiger partial charge on any atom is 0.321 e. The first-order chi connectivity index (χ1) is 12.6. The molecule has 1 fully saturated rings. The first-order valence-corrected chi connectivity index (χ1v) is 9.79. The Morgan fingerprint density at radius 1 is 1.19 bits per heavy atom. The number of nitrogens with one attached hydrogen (secondary N) is 1. The summed E-state index contributed by atoms with van der Waals surface area (Å²) in [6.45, 7) is 0.973. The fourth-order valence-corrected chi connectivity index (χ4v) is 3.54. The number of benzene rings is 2. The second kappa shape index (κ2) is 8.36. The second-order valence-electron chi connectivity index (χ2n) is 6.32. The number of carbonyl (C=O) groups excluding carboxylic acids is 2. The number of urea groups is 1. The highest BCUT2D eigenvalue weighted by Crippen LogP contribution is 2.23. The van der Waals surface area contributed by atoms with Crippen molar-refractivity contribution in [3.05, 3.63) is 59.9 Å². The number of nitrogens with zero attached hydrogens (tertiary/aromatic N) is 1. The van der Waals surface area contributed by atoms with Crippen LogP contribution in [-0.4, -0.2) is 36.1 Å². The van der Waals surface area contributed by atoms with Crippen LogP contribution in [0.2, 0.25) is 0 Å². The lowest BCUT2D eigenvalue weighted by Gasteiger charge is -2.32. The molecular formula is C20H21FN2O2S. The molecule has 0 radical (unpaired) electrons. The average molecular weight is 372 g/mol. The van der Waals surface area contributed by atoms with Gasteiger partial charge in [-0.25, -0.2) is 9.18 Å². The number of thioether (sulfide) groups is 1. The van der Waals surface area contributed by atoms with Crippen molar-refractivity contribution in [2.24, 2.45) is 5.92 Å². The van der Waals surface area contributed by atoms with E-state index in [4.69, 9.17) is 0 Å². The van der Waals surface area contributed by atoms with Crippen molar-refractivity contribution in [3.63, 3.8) is 0 Å². The van der Waals surface area contributed by atoms with Crippen LogP contribution in [0.25, 0.3) is 0 Å². The maximum atomic E-state index is 13.3. The minimum atomic E-state index is -0.400. The van der Waals surface area contributed by atoms with Gasteiger partial charge < -0.3 is 10.2 Å². The monoisotopic (exact) mass is 372 g/mol. The summed E-state index contributed by atoms with van der Waals surface area (Å²) < 4.78 is 13.3. The van der Waals surface area contributed by atoms with E-state index < -0.39 is 5.82 Å². The number of hydrogen-bond acceptors (Lipinski definition) is 3. The zero-order valence-corrected chi connectivity index (χ0v) is 15.4. The van der Waals surface area contributed by atoms with Gasteiger partial charge in [0.25, 0.3) is 0 Å².